The van der Waals surface area contributed by atoms with Crippen molar-refractivity contribution in [2.45, 2.75) is 65.3 Å². The second kappa shape index (κ2) is 5.56. The first kappa shape index (κ1) is 14.4. The fourth-order valence-corrected chi connectivity index (χ4v) is 3.29. The third-order valence-electron chi connectivity index (χ3n) is 4.49. The average molecular weight is 263 g/mol. The molecule has 2 aliphatic rings. The smallest absolute Gasteiger partial charge is 0.149 e. The van der Waals surface area contributed by atoms with Gasteiger partial charge in [-0.05, 0) is 24.2 Å². The van der Waals surface area contributed by atoms with Gasteiger partial charge in [0.1, 0.15) is 17.5 Å². The molecule has 2 atom stereocenters. The van der Waals surface area contributed by atoms with Crippen molar-refractivity contribution in [3.63, 3.8) is 0 Å². The molecule has 19 heavy (non-hydrogen) atoms. The van der Waals surface area contributed by atoms with E-state index in [9.17, 15) is 9.59 Å². The molecule has 106 valence electrons. The summed E-state index contributed by atoms with van der Waals surface area (Å²) in [5, 5.41) is 0. The third-order valence-corrected chi connectivity index (χ3v) is 4.49. The number of carbonyl (C=O) groups is 2. The van der Waals surface area contributed by atoms with Gasteiger partial charge in [0.15, 0.2) is 0 Å². The molecule has 0 aromatic rings. The van der Waals surface area contributed by atoms with Gasteiger partial charge in [-0.2, -0.15) is 0 Å². The summed E-state index contributed by atoms with van der Waals surface area (Å²) in [5.41, 5.74) is -0.170. The predicted octanol–water partition coefficient (Wildman–Crippen LogP) is 3.21. The van der Waals surface area contributed by atoms with Gasteiger partial charge in [0.05, 0.1) is 6.04 Å². The van der Waals surface area contributed by atoms with E-state index in [1.165, 1.54) is 19.3 Å². The van der Waals surface area contributed by atoms with Gasteiger partial charge in [-0.15, -0.1) is 0 Å². The van der Waals surface area contributed by atoms with Crippen LogP contribution in [0.2, 0.25) is 0 Å². The summed E-state index contributed by atoms with van der Waals surface area (Å²) >= 11 is 0. The molecule has 0 heterocycles. The van der Waals surface area contributed by atoms with Gasteiger partial charge in [-0.1, -0.05) is 33.6 Å². The number of nitrogens with zero attached hydrogens (tertiary/aromatic N) is 1. The molecule has 0 spiro atoms. The summed E-state index contributed by atoms with van der Waals surface area (Å²) in [5.74, 6) is 0.110. The third kappa shape index (κ3) is 3.52. The van der Waals surface area contributed by atoms with Crippen molar-refractivity contribution >= 4 is 17.8 Å². The first-order valence-corrected chi connectivity index (χ1v) is 7.48. The van der Waals surface area contributed by atoms with E-state index < -0.39 is 5.92 Å². The van der Waals surface area contributed by atoms with E-state index in [1.54, 1.807) is 6.21 Å². The molecule has 0 radical (unpaired) electrons. The minimum atomic E-state index is -0.567. The number of Topliss-reactive ketones (excluding diaryl/α,β-unsaturated/α-hetero) is 2. The highest BCUT2D eigenvalue weighted by Gasteiger charge is 2.38. The normalized spacial score (nSPS) is 33.0. The number of aliphatic imine (C=N–C) groups is 1. The van der Waals surface area contributed by atoms with E-state index >= 15 is 0 Å². The lowest BCUT2D eigenvalue weighted by molar-refractivity contribution is -0.136. The van der Waals surface area contributed by atoms with Crippen molar-refractivity contribution < 1.29 is 9.59 Å². The van der Waals surface area contributed by atoms with Crippen LogP contribution >= 0.6 is 0 Å². The van der Waals surface area contributed by atoms with Crippen molar-refractivity contribution in [1.82, 2.24) is 0 Å². The van der Waals surface area contributed by atoms with Gasteiger partial charge in [-0.25, -0.2) is 0 Å². The highest BCUT2D eigenvalue weighted by Crippen LogP contribution is 2.33. The molecule has 0 unspecified atom stereocenters. The van der Waals surface area contributed by atoms with E-state index in [4.69, 9.17) is 0 Å². The zero-order valence-corrected chi connectivity index (χ0v) is 12.3. The number of carbonyl (C=O) groups excluding carboxylic acids is 2. The molecule has 0 bridgehead atoms. The van der Waals surface area contributed by atoms with Gasteiger partial charge >= 0.3 is 0 Å². The van der Waals surface area contributed by atoms with Crippen molar-refractivity contribution in [3.8, 4) is 0 Å². The van der Waals surface area contributed by atoms with Crippen molar-refractivity contribution in [2.24, 2.45) is 22.2 Å². The van der Waals surface area contributed by atoms with Crippen LogP contribution in [-0.4, -0.2) is 23.8 Å². The van der Waals surface area contributed by atoms with Gasteiger partial charge in [-0.3, -0.25) is 14.6 Å². The molecular formula is C16H25NO2. The van der Waals surface area contributed by atoms with E-state index in [1.807, 2.05) is 13.8 Å². The SMILES string of the molecule is C[C@@H]1CCCC[C@H]1N=CC1C(=O)CC(C)(C)CC1=O. The molecule has 0 aliphatic heterocycles. The van der Waals surface area contributed by atoms with Crippen LogP contribution in [0.5, 0.6) is 0 Å². The molecule has 3 nitrogen and oxygen atoms in total. The summed E-state index contributed by atoms with van der Waals surface area (Å²) in [7, 11) is 0. The molecule has 2 fully saturated rings. The van der Waals surface area contributed by atoms with Crippen LogP contribution in [0.25, 0.3) is 0 Å². The van der Waals surface area contributed by atoms with Crippen molar-refractivity contribution in [2.75, 3.05) is 0 Å². The predicted molar refractivity (Wildman–Crippen MR) is 76.4 cm³/mol. The summed E-state index contributed by atoms with van der Waals surface area (Å²) < 4.78 is 0. The average Bonchev–Trinajstić information content (AvgIpc) is 2.28. The Morgan fingerprint density at radius 2 is 1.68 bits per heavy atom. The molecule has 2 rings (SSSR count). The van der Waals surface area contributed by atoms with Crippen molar-refractivity contribution in [3.05, 3.63) is 0 Å². The van der Waals surface area contributed by atoms with Gasteiger partial charge < -0.3 is 0 Å². The second-order valence-electron chi connectivity index (χ2n) is 7.06. The van der Waals surface area contributed by atoms with Gasteiger partial charge in [0, 0.05) is 19.1 Å². The van der Waals surface area contributed by atoms with Crippen LogP contribution in [0, 0.1) is 17.3 Å². The standard InChI is InChI=1S/C16H25NO2/c1-11-6-4-5-7-13(11)17-10-12-14(18)8-16(2,3)9-15(12)19/h10-13H,4-9H2,1-3H3/t11-,13-/m1/s1. The summed E-state index contributed by atoms with van der Waals surface area (Å²) in [6.45, 7) is 6.19. The Kier molecular flexibility index (Phi) is 4.22. The molecule has 2 saturated carbocycles. The van der Waals surface area contributed by atoms with Crippen LogP contribution in [0.1, 0.15) is 59.3 Å². The first-order chi connectivity index (χ1) is 8.89. The zero-order chi connectivity index (χ0) is 14.0. The largest absolute Gasteiger partial charge is 0.298 e. The molecule has 0 aromatic heterocycles. The highest BCUT2D eigenvalue weighted by atomic mass is 16.2. The Hall–Kier alpha value is -0.990. The van der Waals surface area contributed by atoms with Crippen LogP contribution in [0.15, 0.2) is 4.99 Å². The minimum Gasteiger partial charge on any atom is -0.298 e. The molecule has 2 aliphatic carbocycles. The Bertz CT molecular complexity index is 378. The second-order valence-corrected chi connectivity index (χ2v) is 7.06. The number of hydrogen-bond donors (Lipinski definition) is 0. The lowest BCUT2D eigenvalue weighted by Gasteiger charge is -2.31. The van der Waals surface area contributed by atoms with Crippen LogP contribution in [0.4, 0.5) is 0 Å². The van der Waals surface area contributed by atoms with Crippen molar-refractivity contribution in [1.29, 1.82) is 0 Å². The quantitative estimate of drug-likeness (QED) is 0.567. The lowest BCUT2D eigenvalue weighted by atomic mass is 9.72. The maximum absolute atomic E-state index is 12.1. The van der Waals surface area contributed by atoms with E-state index in [-0.39, 0.29) is 17.0 Å². The summed E-state index contributed by atoms with van der Waals surface area (Å²) in [6, 6.07) is 0.310. The van der Waals surface area contributed by atoms with Crippen LogP contribution in [-0.2, 0) is 9.59 Å². The van der Waals surface area contributed by atoms with E-state index in [0.717, 1.165) is 6.42 Å². The topological polar surface area (TPSA) is 46.5 Å². The number of ketones is 2. The molecule has 0 saturated heterocycles. The fourth-order valence-electron chi connectivity index (χ4n) is 3.29. The monoisotopic (exact) mass is 263 g/mol. The maximum atomic E-state index is 12.1. The van der Waals surface area contributed by atoms with E-state index in [2.05, 4.69) is 11.9 Å². The summed E-state index contributed by atoms with van der Waals surface area (Å²) in [6.07, 6.45) is 7.45. The zero-order valence-electron chi connectivity index (χ0n) is 12.3. The first-order valence-electron chi connectivity index (χ1n) is 7.48. The molecular weight excluding hydrogens is 238 g/mol. The number of rotatable bonds is 2. The fraction of sp³-hybridized carbons (Fsp3) is 0.812. The maximum Gasteiger partial charge on any atom is 0.149 e. The molecule has 0 amide bonds. The van der Waals surface area contributed by atoms with E-state index in [0.29, 0.717) is 24.8 Å². The molecule has 0 aromatic carbocycles. The molecule has 0 N–H and O–H groups in total. The Labute approximate surface area is 115 Å². The Morgan fingerprint density at radius 1 is 1.11 bits per heavy atom. The lowest BCUT2D eigenvalue weighted by Crippen LogP contribution is -2.38. The minimum absolute atomic E-state index is 0.0495. The molecule has 3 heteroatoms. The van der Waals surface area contributed by atoms with Gasteiger partial charge in [0.2, 0.25) is 0 Å². The Morgan fingerprint density at radius 3 is 2.26 bits per heavy atom. The highest BCUT2D eigenvalue weighted by molar-refractivity contribution is 6.16. The Balaban J connectivity index is 2.02. The van der Waals surface area contributed by atoms with Gasteiger partial charge in [0.25, 0.3) is 0 Å². The van der Waals surface area contributed by atoms with Crippen LogP contribution in [0.3, 0.4) is 0 Å². The summed E-state index contributed by atoms with van der Waals surface area (Å²) in [4.78, 5) is 28.7. The van der Waals surface area contributed by atoms with Crippen LogP contribution < -0.4 is 0 Å². The number of hydrogen-bond acceptors (Lipinski definition) is 3.